The molecule has 2 nitrogen and oxygen atoms in total. The Bertz CT molecular complexity index is 484. The molecule has 2 heterocycles. The molecule has 96 valence electrons. The van der Waals surface area contributed by atoms with Crippen molar-refractivity contribution in [2.75, 3.05) is 11.9 Å². The lowest BCUT2D eigenvalue weighted by atomic mass is 10.2. The SMILES string of the molecule is CC(Cc1cccs1)N(C)c1cc(CCl)ccn1. The van der Waals surface area contributed by atoms with Gasteiger partial charge in [0, 0.05) is 36.5 Å². The summed E-state index contributed by atoms with van der Waals surface area (Å²) in [6.07, 6.45) is 2.86. The second-order valence-corrected chi connectivity index (χ2v) is 5.70. The van der Waals surface area contributed by atoms with Gasteiger partial charge in [0.25, 0.3) is 0 Å². The number of hydrogen-bond donors (Lipinski definition) is 0. The molecule has 0 saturated heterocycles. The Morgan fingerprint density at radius 1 is 1.44 bits per heavy atom. The van der Waals surface area contributed by atoms with Gasteiger partial charge in [0.1, 0.15) is 5.82 Å². The molecule has 0 aliphatic rings. The fourth-order valence-corrected chi connectivity index (χ4v) is 2.81. The number of aromatic nitrogens is 1. The zero-order valence-electron chi connectivity index (χ0n) is 10.6. The quantitative estimate of drug-likeness (QED) is 0.771. The third kappa shape index (κ3) is 3.24. The number of anilines is 1. The summed E-state index contributed by atoms with van der Waals surface area (Å²) in [7, 11) is 2.08. The molecule has 2 aromatic rings. The minimum absolute atomic E-state index is 0.418. The van der Waals surface area contributed by atoms with Crippen molar-refractivity contribution in [3.63, 3.8) is 0 Å². The van der Waals surface area contributed by atoms with Gasteiger partial charge in [-0.25, -0.2) is 4.98 Å². The Morgan fingerprint density at radius 2 is 2.28 bits per heavy atom. The summed E-state index contributed by atoms with van der Waals surface area (Å²) < 4.78 is 0. The van der Waals surface area contributed by atoms with Gasteiger partial charge in [-0.05, 0) is 36.1 Å². The summed E-state index contributed by atoms with van der Waals surface area (Å²) in [4.78, 5) is 8.02. The Kier molecular flexibility index (Phi) is 4.61. The maximum absolute atomic E-state index is 5.85. The Labute approximate surface area is 117 Å². The molecule has 4 heteroatoms. The number of alkyl halides is 1. The van der Waals surface area contributed by atoms with Crippen molar-refractivity contribution in [2.24, 2.45) is 0 Å². The number of nitrogens with zero attached hydrogens (tertiary/aromatic N) is 2. The van der Waals surface area contributed by atoms with Gasteiger partial charge in [0.15, 0.2) is 0 Å². The average molecular weight is 281 g/mol. The van der Waals surface area contributed by atoms with E-state index in [4.69, 9.17) is 11.6 Å². The molecule has 0 bridgehead atoms. The minimum atomic E-state index is 0.418. The molecule has 0 spiro atoms. The molecule has 0 saturated carbocycles. The van der Waals surface area contributed by atoms with Gasteiger partial charge in [0.05, 0.1) is 0 Å². The number of rotatable bonds is 5. The molecule has 2 rings (SSSR count). The zero-order chi connectivity index (χ0) is 13.0. The van der Waals surface area contributed by atoms with E-state index in [-0.39, 0.29) is 0 Å². The van der Waals surface area contributed by atoms with Crippen molar-refractivity contribution in [2.45, 2.75) is 25.3 Å². The lowest BCUT2D eigenvalue weighted by Crippen LogP contribution is -2.31. The largest absolute Gasteiger partial charge is 0.357 e. The fourth-order valence-electron chi connectivity index (χ4n) is 1.82. The third-order valence-corrected chi connectivity index (χ3v) is 4.27. The van der Waals surface area contributed by atoms with E-state index in [1.165, 1.54) is 4.88 Å². The predicted octanol–water partition coefficient (Wildman–Crippen LogP) is 3.95. The van der Waals surface area contributed by atoms with Gasteiger partial charge in [-0.15, -0.1) is 22.9 Å². The first kappa shape index (κ1) is 13.4. The highest BCUT2D eigenvalue weighted by atomic mass is 35.5. The van der Waals surface area contributed by atoms with Gasteiger partial charge in [-0.1, -0.05) is 6.07 Å². The first-order valence-electron chi connectivity index (χ1n) is 5.97. The molecule has 0 N–H and O–H groups in total. The molecule has 0 aliphatic carbocycles. The molecule has 0 aromatic carbocycles. The van der Waals surface area contributed by atoms with Crippen molar-refractivity contribution in [1.82, 2.24) is 4.98 Å². The van der Waals surface area contributed by atoms with Gasteiger partial charge in [0.2, 0.25) is 0 Å². The molecule has 1 atom stereocenters. The molecule has 0 amide bonds. The van der Waals surface area contributed by atoms with Crippen LogP contribution in [-0.4, -0.2) is 18.1 Å². The number of thiophene rings is 1. The van der Waals surface area contributed by atoms with Gasteiger partial charge >= 0.3 is 0 Å². The Morgan fingerprint density at radius 3 is 2.94 bits per heavy atom. The third-order valence-electron chi connectivity index (χ3n) is 3.06. The van der Waals surface area contributed by atoms with Crippen LogP contribution in [0.5, 0.6) is 0 Å². The van der Waals surface area contributed by atoms with Crippen LogP contribution in [0.2, 0.25) is 0 Å². The summed E-state index contributed by atoms with van der Waals surface area (Å²) in [6, 6.07) is 8.70. The van der Waals surface area contributed by atoms with Crippen molar-refractivity contribution >= 4 is 28.8 Å². The number of likely N-dealkylation sites (N-methyl/N-ethyl adjacent to an activating group) is 1. The van der Waals surface area contributed by atoms with E-state index in [0.29, 0.717) is 11.9 Å². The predicted molar refractivity (Wildman–Crippen MR) is 79.7 cm³/mol. The average Bonchev–Trinajstić information content (AvgIpc) is 2.90. The van der Waals surface area contributed by atoms with Crippen LogP contribution in [-0.2, 0) is 12.3 Å². The summed E-state index contributed by atoms with van der Waals surface area (Å²) in [6.45, 7) is 2.22. The molecule has 0 fully saturated rings. The smallest absolute Gasteiger partial charge is 0.128 e. The lowest BCUT2D eigenvalue weighted by molar-refractivity contribution is 0.680. The van der Waals surface area contributed by atoms with Crippen molar-refractivity contribution in [3.05, 3.63) is 46.3 Å². The minimum Gasteiger partial charge on any atom is -0.357 e. The molecule has 2 aromatic heterocycles. The molecular weight excluding hydrogens is 264 g/mol. The van der Waals surface area contributed by atoms with Gasteiger partial charge < -0.3 is 4.90 Å². The molecule has 0 aliphatic heterocycles. The van der Waals surface area contributed by atoms with Crippen LogP contribution in [0.4, 0.5) is 5.82 Å². The van der Waals surface area contributed by atoms with Gasteiger partial charge in [-0.3, -0.25) is 0 Å². The van der Waals surface area contributed by atoms with Crippen LogP contribution in [0.15, 0.2) is 35.8 Å². The van der Waals surface area contributed by atoms with Crippen molar-refractivity contribution in [1.29, 1.82) is 0 Å². The van der Waals surface area contributed by atoms with Crippen LogP contribution in [0.1, 0.15) is 17.4 Å². The van der Waals surface area contributed by atoms with Crippen LogP contribution in [0.25, 0.3) is 0 Å². The molecule has 18 heavy (non-hydrogen) atoms. The molecular formula is C14H17ClN2S. The van der Waals surface area contributed by atoms with Crippen molar-refractivity contribution < 1.29 is 0 Å². The van der Waals surface area contributed by atoms with E-state index in [1.54, 1.807) is 11.3 Å². The maximum Gasteiger partial charge on any atom is 0.128 e. The topological polar surface area (TPSA) is 16.1 Å². The van der Waals surface area contributed by atoms with E-state index in [9.17, 15) is 0 Å². The zero-order valence-corrected chi connectivity index (χ0v) is 12.2. The Balaban J connectivity index is 2.07. The summed E-state index contributed by atoms with van der Waals surface area (Å²) in [5.74, 6) is 1.51. The van der Waals surface area contributed by atoms with Gasteiger partial charge in [-0.2, -0.15) is 0 Å². The number of hydrogen-bond acceptors (Lipinski definition) is 3. The summed E-state index contributed by atoms with van der Waals surface area (Å²) in [5.41, 5.74) is 1.11. The molecule has 1 unspecified atom stereocenters. The number of halogens is 1. The monoisotopic (exact) mass is 280 g/mol. The second-order valence-electron chi connectivity index (χ2n) is 4.40. The standard InChI is InChI=1S/C14H17ClN2S/c1-11(8-13-4-3-7-18-13)17(2)14-9-12(10-15)5-6-16-14/h3-7,9,11H,8,10H2,1-2H3. The fraction of sp³-hybridized carbons (Fsp3) is 0.357. The van der Waals surface area contributed by atoms with E-state index in [0.717, 1.165) is 17.8 Å². The lowest BCUT2D eigenvalue weighted by Gasteiger charge is -2.25. The second kappa shape index (κ2) is 6.21. The first-order valence-corrected chi connectivity index (χ1v) is 7.38. The van der Waals surface area contributed by atoms with Crippen molar-refractivity contribution in [3.8, 4) is 0 Å². The highest BCUT2D eigenvalue weighted by Gasteiger charge is 2.12. The van der Waals surface area contributed by atoms with Crippen LogP contribution in [0.3, 0.4) is 0 Å². The first-order chi connectivity index (χ1) is 8.70. The summed E-state index contributed by atoms with van der Waals surface area (Å²) in [5, 5.41) is 2.12. The van der Waals surface area contributed by atoms with E-state index in [1.807, 2.05) is 12.3 Å². The van der Waals surface area contributed by atoms with Crippen LogP contribution in [0, 0.1) is 0 Å². The number of pyridine rings is 1. The Hall–Kier alpha value is -1.06. The van der Waals surface area contributed by atoms with Crippen LogP contribution < -0.4 is 4.90 Å². The normalized spacial score (nSPS) is 12.4. The van der Waals surface area contributed by atoms with E-state index >= 15 is 0 Å². The van der Waals surface area contributed by atoms with E-state index < -0.39 is 0 Å². The molecule has 0 radical (unpaired) electrons. The highest BCUT2D eigenvalue weighted by Crippen LogP contribution is 2.19. The van der Waals surface area contributed by atoms with Crippen LogP contribution >= 0.6 is 22.9 Å². The maximum atomic E-state index is 5.85. The van der Waals surface area contributed by atoms with E-state index in [2.05, 4.69) is 47.4 Å². The highest BCUT2D eigenvalue weighted by molar-refractivity contribution is 7.09. The summed E-state index contributed by atoms with van der Waals surface area (Å²) >= 11 is 7.66.